The van der Waals surface area contributed by atoms with E-state index in [9.17, 15) is 0 Å². The third-order valence-electron chi connectivity index (χ3n) is 1.64. The lowest BCUT2D eigenvalue weighted by molar-refractivity contribution is 1.18. The Morgan fingerprint density at radius 2 is 2.40 bits per heavy atom. The van der Waals surface area contributed by atoms with E-state index in [1.807, 2.05) is 0 Å². The summed E-state index contributed by atoms with van der Waals surface area (Å²) in [7, 11) is 0. The number of H-pyrrole nitrogens is 1. The van der Waals surface area contributed by atoms with Crippen LogP contribution in [0.15, 0.2) is 17.8 Å². The highest BCUT2D eigenvalue weighted by Gasteiger charge is 2.01. The van der Waals surface area contributed by atoms with Crippen molar-refractivity contribution in [2.24, 2.45) is 5.11 Å². The first-order valence-electron chi connectivity index (χ1n) is 4.05. The number of rotatable bonds is 1. The van der Waals surface area contributed by atoms with Gasteiger partial charge in [0.15, 0.2) is 5.65 Å². The van der Waals surface area contributed by atoms with E-state index in [2.05, 4.69) is 41.8 Å². The van der Waals surface area contributed by atoms with Gasteiger partial charge in [0.1, 0.15) is 17.5 Å². The number of nitrogens with zero attached hydrogens (tertiary/aromatic N) is 6. The largest absolute Gasteiger partial charge is 0.341 e. The molecule has 0 bridgehead atoms. The zero-order valence-electron chi connectivity index (χ0n) is 7.55. The Kier molecular flexibility index (Phi) is 2.45. The molecule has 0 radical (unpaired) electrons. The second-order valence-electron chi connectivity index (χ2n) is 2.51. The molecule has 0 aliphatic carbocycles. The molecule has 0 amide bonds. The molecule has 0 saturated heterocycles. The maximum Gasteiger partial charge on any atom is 0.181 e. The van der Waals surface area contributed by atoms with E-state index in [1.165, 1.54) is 12.7 Å². The molecule has 72 valence electrons. The molecule has 0 saturated carbocycles. The quantitative estimate of drug-likeness (QED) is 0.321. The van der Waals surface area contributed by atoms with E-state index in [-0.39, 0.29) is 6.54 Å². The Morgan fingerprint density at radius 3 is 3.27 bits per heavy atom. The second kappa shape index (κ2) is 4.09. The summed E-state index contributed by atoms with van der Waals surface area (Å²) in [6.07, 6.45) is 2.92. The number of hydrogen-bond donors (Lipinski definition) is 1. The minimum Gasteiger partial charge on any atom is -0.341 e. The van der Waals surface area contributed by atoms with Gasteiger partial charge in [0.2, 0.25) is 0 Å². The molecule has 0 spiro atoms. The van der Waals surface area contributed by atoms with Gasteiger partial charge < -0.3 is 4.98 Å². The van der Waals surface area contributed by atoms with Crippen molar-refractivity contribution in [2.75, 3.05) is 6.54 Å². The predicted octanol–water partition coefficient (Wildman–Crippen LogP) is 1.01. The van der Waals surface area contributed by atoms with Crippen LogP contribution in [0.5, 0.6) is 0 Å². The van der Waals surface area contributed by atoms with Gasteiger partial charge in [-0.05, 0) is 11.5 Å². The summed E-state index contributed by atoms with van der Waals surface area (Å²) in [5.41, 5.74) is 9.85. The lowest BCUT2D eigenvalue weighted by Gasteiger charge is -1.89. The second-order valence-corrected chi connectivity index (χ2v) is 2.51. The summed E-state index contributed by atoms with van der Waals surface area (Å²) in [5.74, 6) is 5.45. The van der Waals surface area contributed by atoms with Crippen LogP contribution in [0.1, 0.15) is 5.69 Å². The Bertz CT molecular complexity index is 582. The molecule has 15 heavy (non-hydrogen) atoms. The first-order valence-corrected chi connectivity index (χ1v) is 4.05. The molecular formula is C8H5N7. The summed E-state index contributed by atoms with van der Waals surface area (Å²) in [5, 5.41) is 3.29. The molecule has 0 aliphatic heterocycles. The van der Waals surface area contributed by atoms with Crippen molar-refractivity contribution in [1.29, 1.82) is 0 Å². The zero-order valence-corrected chi connectivity index (χ0v) is 7.55. The maximum atomic E-state index is 8.05. The van der Waals surface area contributed by atoms with E-state index in [0.29, 0.717) is 16.9 Å². The first kappa shape index (κ1) is 8.99. The van der Waals surface area contributed by atoms with Crippen molar-refractivity contribution >= 4 is 11.2 Å². The number of nitrogens with one attached hydrogen (secondary N) is 1. The Hall–Kier alpha value is -2.58. The van der Waals surface area contributed by atoms with E-state index >= 15 is 0 Å². The van der Waals surface area contributed by atoms with Gasteiger partial charge in [0.25, 0.3) is 0 Å². The van der Waals surface area contributed by atoms with E-state index in [0.717, 1.165) is 0 Å². The molecule has 2 rings (SSSR count). The van der Waals surface area contributed by atoms with Gasteiger partial charge >= 0.3 is 0 Å². The highest BCUT2D eigenvalue weighted by Crippen LogP contribution is 2.07. The van der Waals surface area contributed by atoms with Crippen LogP contribution >= 0.6 is 0 Å². The number of hydrogen-bond acceptors (Lipinski definition) is 4. The van der Waals surface area contributed by atoms with Gasteiger partial charge in [-0.3, -0.25) is 0 Å². The minimum absolute atomic E-state index is 0.121. The number of fused-ring (bicyclic) bond motifs is 1. The standard InChI is InChI=1S/C8H5N7/c9-15-14-3-1-2-6-7-8(12-4-10-6)13-5-11-7/h4-5H,3H2,(H,10,11,12,13). The molecule has 0 aliphatic rings. The minimum atomic E-state index is 0.121. The van der Waals surface area contributed by atoms with Gasteiger partial charge in [0.05, 0.1) is 12.9 Å². The Morgan fingerprint density at radius 1 is 1.47 bits per heavy atom. The van der Waals surface area contributed by atoms with Crippen molar-refractivity contribution < 1.29 is 0 Å². The molecular weight excluding hydrogens is 194 g/mol. The summed E-state index contributed by atoms with van der Waals surface area (Å²) >= 11 is 0. The lowest BCUT2D eigenvalue weighted by atomic mass is 10.3. The lowest BCUT2D eigenvalue weighted by Crippen LogP contribution is -1.87. The van der Waals surface area contributed by atoms with Crippen LogP contribution in [0.25, 0.3) is 21.6 Å². The van der Waals surface area contributed by atoms with Gasteiger partial charge in [-0.15, -0.1) is 0 Å². The molecule has 0 fully saturated rings. The molecule has 0 atom stereocenters. The third-order valence-corrected chi connectivity index (χ3v) is 1.64. The van der Waals surface area contributed by atoms with Crippen LogP contribution in [0.3, 0.4) is 0 Å². The number of aromatic amines is 1. The van der Waals surface area contributed by atoms with E-state index in [4.69, 9.17) is 5.53 Å². The van der Waals surface area contributed by atoms with Crippen LogP contribution in [0, 0.1) is 11.8 Å². The predicted molar refractivity (Wildman–Crippen MR) is 52.6 cm³/mol. The average Bonchev–Trinajstić information content (AvgIpc) is 2.73. The molecule has 7 nitrogen and oxygen atoms in total. The fourth-order valence-corrected chi connectivity index (χ4v) is 1.05. The van der Waals surface area contributed by atoms with Crippen LogP contribution in [-0.4, -0.2) is 26.5 Å². The topological polar surface area (TPSA) is 103 Å². The van der Waals surface area contributed by atoms with Crippen molar-refractivity contribution in [3.8, 4) is 11.8 Å². The van der Waals surface area contributed by atoms with E-state index in [1.54, 1.807) is 0 Å². The zero-order chi connectivity index (χ0) is 10.5. The highest BCUT2D eigenvalue weighted by molar-refractivity contribution is 5.75. The fraction of sp³-hybridized carbons (Fsp3) is 0.125. The maximum absolute atomic E-state index is 8.05. The molecule has 2 aromatic heterocycles. The normalized spacial score (nSPS) is 9.07. The van der Waals surface area contributed by atoms with Crippen LogP contribution in [-0.2, 0) is 0 Å². The molecule has 7 heteroatoms. The number of aromatic nitrogens is 4. The molecule has 1 N–H and O–H groups in total. The molecule has 2 heterocycles. The molecule has 0 aromatic carbocycles. The highest BCUT2D eigenvalue weighted by atomic mass is 15.1. The van der Waals surface area contributed by atoms with Crippen LogP contribution in [0.2, 0.25) is 0 Å². The first-order chi connectivity index (χ1) is 7.42. The van der Waals surface area contributed by atoms with Gasteiger partial charge in [-0.2, -0.15) is 0 Å². The average molecular weight is 199 g/mol. The van der Waals surface area contributed by atoms with E-state index < -0.39 is 0 Å². The Balaban J connectivity index is 2.37. The van der Waals surface area contributed by atoms with Gasteiger partial charge in [-0.25, -0.2) is 15.0 Å². The monoisotopic (exact) mass is 199 g/mol. The van der Waals surface area contributed by atoms with Crippen molar-refractivity contribution in [1.82, 2.24) is 19.9 Å². The fourth-order valence-electron chi connectivity index (χ4n) is 1.05. The van der Waals surface area contributed by atoms with Crippen LogP contribution < -0.4 is 0 Å². The van der Waals surface area contributed by atoms with Crippen LogP contribution in [0.4, 0.5) is 0 Å². The summed E-state index contributed by atoms with van der Waals surface area (Å²) < 4.78 is 0. The van der Waals surface area contributed by atoms with Crippen molar-refractivity contribution in [2.45, 2.75) is 0 Å². The van der Waals surface area contributed by atoms with Crippen molar-refractivity contribution in [3.63, 3.8) is 0 Å². The summed E-state index contributed by atoms with van der Waals surface area (Å²) in [6.45, 7) is 0.121. The SMILES string of the molecule is [N-]=[N+]=NCC#Cc1ncnc2nc[nH]c12. The number of imidazole rings is 1. The molecule has 2 aromatic rings. The Labute approximate surface area is 84.2 Å². The summed E-state index contributed by atoms with van der Waals surface area (Å²) in [6, 6.07) is 0. The smallest absolute Gasteiger partial charge is 0.181 e. The van der Waals surface area contributed by atoms with Gasteiger partial charge in [-0.1, -0.05) is 11.0 Å². The summed E-state index contributed by atoms with van der Waals surface area (Å²) in [4.78, 5) is 17.4. The number of azide groups is 1. The third kappa shape index (κ3) is 1.85. The van der Waals surface area contributed by atoms with Gasteiger partial charge in [0, 0.05) is 4.91 Å². The molecule has 0 unspecified atom stereocenters. The van der Waals surface area contributed by atoms with Crippen molar-refractivity contribution in [3.05, 3.63) is 28.8 Å².